The highest BCUT2D eigenvalue weighted by Crippen LogP contribution is 2.26. The number of anilines is 2. The Balaban J connectivity index is 2.37. The largest absolute Gasteiger partial charge is 0.337 e. The predicted octanol–water partition coefficient (Wildman–Crippen LogP) is 4.03. The summed E-state index contributed by atoms with van der Waals surface area (Å²) in [5, 5.41) is 0. The molecule has 0 saturated carbocycles. The van der Waals surface area contributed by atoms with Crippen LogP contribution in [0.25, 0.3) is 0 Å². The molecule has 0 unspecified atom stereocenters. The van der Waals surface area contributed by atoms with Crippen molar-refractivity contribution in [1.29, 1.82) is 0 Å². The summed E-state index contributed by atoms with van der Waals surface area (Å²) in [6.07, 6.45) is 1.65. The van der Waals surface area contributed by atoms with Crippen LogP contribution in [0.5, 0.6) is 0 Å². The molecule has 0 aromatic heterocycles. The second kappa shape index (κ2) is 6.66. The smallest absolute Gasteiger partial charge is 0.150 e. The van der Waals surface area contributed by atoms with Gasteiger partial charge in [0.25, 0.3) is 0 Å². The number of hydrogen-bond acceptors (Lipinski definition) is 3. The minimum absolute atomic E-state index is 0.644. The number of carbonyl (C=O) groups is 2. The van der Waals surface area contributed by atoms with Crippen LogP contribution in [-0.2, 0) is 0 Å². The molecule has 0 amide bonds. The molecular formula is C18H17NO2. The summed E-state index contributed by atoms with van der Waals surface area (Å²) < 4.78 is 0. The highest BCUT2D eigenvalue weighted by Gasteiger charge is 2.09. The molecule has 0 bridgehead atoms. The van der Waals surface area contributed by atoms with Gasteiger partial charge in [0.05, 0.1) is 0 Å². The first-order valence-electron chi connectivity index (χ1n) is 6.66. The first kappa shape index (κ1) is 14.7. The number of carbonyl (C=O) groups excluding carboxylic acids is 2. The van der Waals surface area contributed by atoms with Gasteiger partial charge in [-0.2, -0.15) is 0 Å². The molecule has 2 aromatic carbocycles. The van der Waals surface area contributed by atoms with E-state index in [1.807, 2.05) is 31.2 Å². The number of hydrogen-bond donors (Lipinski definition) is 0. The zero-order valence-electron chi connectivity index (χ0n) is 12.0. The van der Waals surface area contributed by atoms with Crippen molar-refractivity contribution in [2.24, 2.45) is 0 Å². The van der Waals surface area contributed by atoms with E-state index in [1.165, 1.54) is 0 Å². The van der Waals surface area contributed by atoms with Crippen molar-refractivity contribution in [2.75, 3.05) is 11.4 Å². The van der Waals surface area contributed by atoms with E-state index in [1.54, 1.807) is 24.3 Å². The lowest BCUT2D eigenvalue weighted by Gasteiger charge is -2.25. The fourth-order valence-electron chi connectivity index (χ4n) is 2.07. The zero-order chi connectivity index (χ0) is 15.2. The quantitative estimate of drug-likeness (QED) is 0.592. The Morgan fingerprint density at radius 2 is 1.29 bits per heavy atom. The molecule has 0 aliphatic carbocycles. The standard InChI is InChI=1S/C18H17NO2/c1-14(2)11-19(17-7-3-15(12-20)4-8-17)18-9-5-16(13-21)6-10-18/h3-10,12-13H,1,11H2,2H3. The van der Waals surface area contributed by atoms with E-state index >= 15 is 0 Å². The van der Waals surface area contributed by atoms with Gasteiger partial charge in [-0.3, -0.25) is 9.59 Å². The van der Waals surface area contributed by atoms with E-state index in [4.69, 9.17) is 0 Å². The zero-order valence-corrected chi connectivity index (χ0v) is 12.0. The lowest BCUT2D eigenvalue weighted by molar-refractivity contribution is 0.111. The van der Waals surface area contributed by atoms with E-state index < -0.39 is 0 Å². The Morgan fingerprint density at radius 1 is 0.905 bits per heavy atom. The third-order valence-corrected chi connectivity index (χ3v) is 3.11. The van der Waals surface area contributed by atoms with Gasteiger partial charge in [-0.25, -0.2) is 0 Å². The number of nitrogens with zero attached hydrogens (tertiary/aromatic N) is 1. The first-order valence-corrected chi connectivity index (χ1v) is 6.66. The number of benzene rings is 2. The molecule has 2 rings (SSSR count). The van der Waals surface area contributed by atoms with Crippen molar-refractivity contribution in [3.8, 4) is 0 Å². The number of aldehydes is 2. The molecular weight excluding hydrogens is 262 g/mol. The highest BCUT2D eigenvalue weighted by molar-refractivity contribution is 5.78. The van der Waals surface area contributed by atoms with Crippen LogP contribution >= 0.6 is 0 Å². The van der Waals surface area contributed by atoms with Crippen molar-refractivity contribution in [1.82, 2.24) is 0 Å². The molecule has 0 saturated heterocycles. The molecule has 0 fully saturated rings. The van der Waals surface area contributed by atoms with Crippen LogP contribution in [0.2, 0.25) is 0 Å². The van der Waals surface area contributed by atoms with Crippen LogP contribution in [0.1, 0.15) is 27.6 Å². The Labute approximate surface area is 124 Å². The molecule has 0 N–H and O–H groups in total. The lowest BCUT2D eigenvalue weighted by atomic mass is 10.1. The predicted molar refractivity (Wildman–Crippen MR) is 85.5 cm³/mol. The Hall–Kier alpha value is -2.68. The second-order valence-electron chi connectivity index (χ2n) is 4.96. The SMILES string of the molecule is C=C(C)CN(c1ccc(C=O)cc1)c1ccc(C=O)cc1. The van der Waals surface area contributed by atoms with E-state index in [0.29, 0.717) is 17.7 Å². The molecule has 0 atom stereocenters. The number of rotatable bonds is 6. The van der Waals surface area contributed by atoms with E-state index in [-0.39, 0.29) is 0 Å². The van der Waals surface area contributed by atoms with Gasteiger partial charge in [0.2, 0.25) is 0 Å². The van der Waals surface area contributed by atoms with Gasteiger partial charge in [-0.15, -0.1) is 0 Å². The molecule has 106 valence electrons. The Bertz CT molecular complexity index is 590. The van der Waals surface area contributed by atoms with Gasteiger partial charge in [0.1, 0.15) is 12.6 Å². The van der Waals surface area contributed by atoms with Gasteiger partial charge < -0.3 is 4.90 Å². The molecule has 0 spiro atoms. The fraction of sp³-hybridized carbons (Fsp3) is 0.111. The average Bonchev–Trinajstić information content (AvgIpc) is 2.53. The normalized spacial score (nSPS) is 9.95. The summed E-state index contributed by atoms with van der Waals surface area (Å²) in [4.78, 5) is 23.6. The van der Waals surface area contributed by atoms with Crippen LogP contribution < -0.4 is 4.90 Å². The topological polar surface area (TPSA) is 37.4 Å². The summed E-state index contributed by atoms with van der Waals surface area (Å²) >= 11 is 0. The molecule has 0 radical (unpaired) electrons. The summed E-state index contributed by atoms with van der Waals surface area (Å²) in [6.45, 7) is 6.59. The maximum absolute atomic E-state index is 10.7. The fourth-order valence-corrected chi connectivity index (χ4v) is 2.07. The second-order valence-corrected chi connectivity index (χ2v) is 4.96. The molecule has 21 heavy (non-hydrogen) atoms. The van der Waals surface area contributed by atoms with Crippen molar-refractivity contribution in [3.05, 3.63) is 71.8 Å². The van der Waals surface area contributed by atoms with E-state index in [9.17, 15) is 9.59 Å². The first-order chi connectivity index (χ1) is 10.1. The van der Waals surface area contributed by atoms with Crippen molar-refractivity contribution < 1.29 is 9.59 Å². The van der Waals surface area contributed by atoms with Gasteiger partial charge in [-0.05, 0) is 55.5 Å². The van der Waals surface area contributed by atoms with Gasteiger partial charge in [-0.1, -0.05) is 12.2 Å². The Morgan fingerprint density at radius 3 is 1.57 bits per heavy atom. The van der Waals surface area contributed by atoms with Crippen LogP contribution in [-0.4, -0.2) is 19.1 Å². The summed E-state index contributed by atoms with van der Waals surface area (Å²) in [5.74, 6) is 0. The van der Waals surface area contributed by atoms with Crippen LogP contribution in [0.4, 0.5) is 11.4 Å². The van der Waals surface area contributed by atoms with Crippen molar-refractivity contribution in [3.63, 3.8) is 0 Å². The van der Waals surface area contributed by atoms with Gasteiger partial charge in [0, 0.05) is 29.0 Å². The molecule has 2 aromatic rings. The van der Waals surface area contributed by atoms with E-state index in [0.717, 1.165) is 29.5 Å². The lowest BCUT2D eigenvalue weighted by Crippen LogP contribution is -2.19. The Kier molecular flexibility index (Phi) is 4.67. The molecule has 3 nitrogen and oxygen atoms in total. The van der Waals surface area contributed by atoms with Crippen molar-refractivity contribution >= 4 is 23.9 Å². The van der Waals surface area contributed by atoms with Crippen molar-refractivity contribution in [2.45, 2.75) is 6.92 Å². The van der Waals surface area contributed by atoms with Crippen LogP contribution in [0, 0.1) is 0 Å². The monoisotopic (exact) mass is 279 g/mol. The molecule has 0 heterocycles. The maximum atomic E-state index is 10.7. The van der Waals surface area contributed by atoms with Crippen LogP contribution in [0.15, 0.2) is 60.7 Å². The molecule has 0 aliphatic rings. The van der Waals surface area contributed by atoms with Gasteiger partial charge in [0.15, 0.2) is 0 Å². The summed E-state index contributed by atoms with van der Waals surface area (Å²) in [7, 11) is 0. The van der Waals surface area contributed by atoms with Crippen LogP contribution in [0.3, 0.4) is 0 Å². The summed E-state index contributed by atoms with van der Waals surface area (Å²) in [6, 6.07) is 14.8. The summed E-state index contributed by atoms with van der Waals surface area (Å²) in [5.41, 5.74) is 4.26. The third-order valence-electron chi connectivity index (χ3n) is 3.11. The highest BCUT2D eigenvalue weighted by atomic mass is 16.1. The molecule has 3 heteroatoms. The van der Waals surface area contributed by atoms with Gasteiger partial charge >= 0.3 is 0 Å². The average molecular weight is 279 g/mol. The maximum Gasteiger partial charge on any atom is 0.150 e. The third kappa shape index (κ3) is 3.66. The minimum atomic E-state index is 0.644. The minimum Gasteiger partial charge on any atom is -0.337 e. The molecule has 0 aliphatic heterocycles. The van der Waals surface area contributed by atoms with E-state index in [2.05, 4.69) is 11.5 Å².